The van der Waals surface area contributed by atoms with Gasteiger partial charge in [-0.15, -0.1) is 11.3 Å². The molecule has 0 fully saturated rings. The predicted octanol–water partition coefficient (Wildman–Crippen LogP) is 4.49. The molecule has 0 radical (unpaired) electrons. The van der Waals surface area contributed by atoms with Crippen molar-refractivity contribution in [3.63, 3.8) is 0 Å². The molecule has 0 atom stereocenters. The molecule has 1 aliphatic rings. The number of rotatable bonds is 4. The summed E-state index contributed by atoms with van der Waals surface area (Å²) in [5, 5.41) is 10.7. The molecule has 3 aromatic heterocycles. The third kappa shape index (κ3) is 3.20. The van der Waals surface area contributed by atoms with E-state index in [-0.39, 0.29) is 5.82 Å². The summed E-state index contributed by atoms with van der Waals surface area (Å²) in [6.45, 7) is 2.56. The highest BCUT2D eigenvalue weighted by molar-refractivity contribution is 7.09. The van der Waals surface area contributed by atoms with Gasteiger partial charge in [-0.1, -0.05) is 0 Å². The minimum absolute atomic E-state index is 0.231. The molecule has 1 aromatic carbocycles. The Hall–Kier alpha value is -2.77. The summed E-state index contributed by atoms with van der Waals surface area (Å²) in [6, 6.07) is 10.3. The molecule has 0 saturated carbocycles. The van der Waals surface area contributed by atoms with Crippen LogP contribution in [0, 0.1) is 5.82 Å². The first-order valence-electron chi connectivity index (χ1n) is 8.79. The molecule has 4 aromatic rings. The number of thiazole rings is 1. The molecular weight excluding hydrogens is 363 g/mol. The van der Waals surface area contributed by atoms with Crippen molar-refractivity contribution in [3.8, 4) is 22.7 Å². The van der Waals surface area contributed by atoms with Gasteiger partial charge in [0.05, 0.1) is 18.5 Å². The van der Waals surface area contributed by atoms with E-state index in [2.05, 4.69) is 15.1 Å². The molecule has 0 unspecified atom stereocenters. The van der Waals surface area contributed by atoms with Crippen molar-refractivity contribution in [2.24, 2.45) is 0 Å². The number of aromatic amines is 1. The van der Waals surface area contributed by atoms with E-state index in [4.69, 9.17) is 9.40 Å². The van der Waals surface area contributed by atoms with Crippen LogP contribution in [0.1, 0.15) is 16.3 Å². The fourth-order valence-electron chi connectivity index (χ4n) is 3.43. The minimum atomic E-state index is -0.231. The number of benzene rings is 1. The Labute approximate surface area is 159 Å². The van der Waals surface area contributed by atoms with Crippen molar-refractivity contribution in [2.45, 2.75) is 19.5 Å². The van der Waals surface area contributed by atoms with Gasteiger partial charge in [-0.05, 0) is 36.4 Å². The Morgan fingerprint density at radius 2 is 2.11 bits per heavy atom. The molecule has 0 amide bonds. The van der Waals surface area contributed by atoms with Crippen LogP contribution in [0.25, 0.3) is 22.7 Å². The number of nitrogens with zero attached hydrogens (tertiary/aromatic N) is 3. The van der Waals surface area contributed by atoms with E-state index in [1.54, 1.807) is 29.7 Å². The maximum Gasteiger partial charge on any atom is 0.154 e. The predicted molar refractivity (Wildman–Crippen MR) is 102 cm³/mol. The fourth-order valence-corrected chi connectivity index (χ4v) is 4.28. The highest BCUT2D eigenvalue weighted by atomic mass is 32.1. The molecular formula is C20H17FN4OS. The van der Waals surface area contributed by atoms with Gasteiger partial charge in [0.25, 0.3) is 0 Å². The monoisotopic (exact) mass is 380 g/mol. The molecule has 1 aliphatic heterocycles. The summed E-state index contributed by atoms with van der Waals surface area (Å²) in [6.07, 6.45) is 2.60. The van der Waals surface area contributed by atoms with Crippen LogP contribution in [0.4, 0.5) is 4.39 Å². The zero-order valence-corrected chi connectivity index (χ0v) is 15.3. The topological polar surface area (TPSA) is 58.0 Å². The van der Waals surface area contributed by atoms with Crippen molar-refractivity contribution in [2.75, 3.05) is 6.54 Å². The van der Waals surface area contributed by atoms with Crippen LogP contribution in [0.5, 0.6) is 0 Å². The molecule has 1 N–H and O–H groups in total. The number of furan rings is 1. The molecule has 0 aliphatic carbocycles. The second kappa shape index (κ2) is 6.75. The molecule has 5 nitrogen and oxygen atoms in total. The number of nitrogens with one attached hydrogen (secondary N) is 1. The zero-order valence-electron chi connectivity index (χ0n) is 14.5. The second-order valence-electron chi connectivity index (χ2n) is 6.60. The zero-order chi connectivity index (χ0) is 18.2. The van der Waals surface area contributed by atoms with Gasteiger partial charge < -0.3 is 4.42 Å². The summed E-state index contributed by atoms with van der Waals surface area (Å²) in [4.78, 5) is 7.11. The van der Waals surface area contributed by atoms with Gasteiger partial charge >= 0.3 is 0 Å². The van der Waals surface area contributed by atoms with Gasteiger partial charge in [0, 0.05) is 41.7 Å². The van der Waals surface area contributed by atoms with E-state index < -0.39 is 0 Å². The summed E-state index contributed by atoms with van der Waals surface area (Å²) in [5.41, 5.74) is 5.11. The number of fused-ring (bicyclic) bond motifs is 1. The lowest BCUT2D eigenvalue weighted by atomic mass is 10.0. The molecule has 0 spiro atoms. The van der Waals surface area contributed by atoms with Gasteiger partial charge in [-0.3, -0.25) is 10.00 Å². The third-order valence-corrected chi connectivity index (χ3v) is 5.65. The third-order valence-electron chi connectivity index (χ3n) is 4.82. The minimum Gasteiger partial charge on any atom is -0.463 e. The standard InChI is InChI=1S/C20H17FN4OS/c21-14-5-3-13(4-6-14)17-12-27-19(22-17)11-25-8-7-16-15(10-25)20(24-23-16)18-2-1-9-26-18/h1-6,9,12H,7-8,10-11H2,(H,23,24). The number of aromatic nitrogens is 3. The molecule has 136 valence electrons. The second-order valence-corrected chi connectivity index (χ2v) is 7.54. The van der Waals surface area contributed by atoms with Crippen LogP contribution in [-0.4, -0.2) is 26.6 Å². The van der Waals surface area contributed by atoms with Crippen molar-refractivity contribution in [1.82, 2.24) is 20.1 Å². The first-order chi connectivity index (χ1) is 13.3. The first-order valence-corrected chi connectivity index (χ1v) is 9.67. The number of hydrogen-bond acceptors (Lipinski definition) is 5. The normalized spacial score (nSPS) is 14.4. The molecule has 5 rings (SSSR count). The van der Waals surface area contributed by atoms with E-state index in [1.165, 1.54) is 23.4 Å². The largest absolute Gasteiger partial charge is 0.463 e. The van der Waals surface area contributed by atoms with E-state index in [9.17, 15) is 4.39 Å². The van der Waals surface area contributed by atoms with Crippen LogP contribution in [0.2, 0.25) is 0 Å². The molecule has 4 heterocycles. The van der Waals surface area contributed by atoms with E-state index in [0.29, 0.717) is 0 Å². The average molecular weight is 380 g/mol. The Kier molecular flexibility index (Phi) is 4.10. The summed E-state index contributed by atoms with van der Waals surface area (Å²) in [7, 11) is 0. The maximum atomic E-state index is 13.1. The van der Waals surface area contributed by atoms with E-state index in [1.807, 2.05) is 17.5 Å². The lowest BCUT2D eigenvalue weighted by Crippen LogP contribution is -2.29. The van der Waals surface area contributed by atoms with Crippen molar-refractivity contribution >= 4 is 11.3 Å². The Balaban J connectivity index is 1.33. The number of H-pyrrole nitrogens is 1. The van der Waals surface area contributed by atoms with Gasteiger partial charge in [-0.25, -0.2) is 9.37 Å². The average Bonchev–Trinajstić information content (AvgIpc) is 3.42. The SMILES string of the molecule is Fc1ccc(-c2csc(CN3CCc4[nH]nc(-c5ccco5)c4C3)n2)cc1. The van der Waals surface area contributed by atoms with Crippen LogP contribution in [0.15, 0.2) is 52.5 Å². The Bertz CT molecular complexity index is 1050. The van der Waals surface area contributed by atoms with Crippen LogP contribution in [0.3, 0.4) is 0 Å². The first kappa shape index (κ1) is 16.4. The molecule has 0 saturated heterocycles. The number of hydrogen-bond donors (Lipinski definition) is 1. The van der Waals surface area contributed by atoms with E-state index >= 15 is 0 Å². The Morgan fingerprint density at radius 3 is 2.93 bits per heavy atom. The van der Waals surface area contributed by atoms with Crippen molar-refractivity contribution in [1.29, 1.82) is 0 Å². The van der Waals surface area contributed by atoms with Crippen molar-refractivity contribution in [3.05, 3.63) is 70.1 Å². The van der Waals surface area contributed by atoms with Gasteiger partial charge in [-0.2, -0.15) is 5.10 Å². The maximum absolute atomic E-state index is 13.1. The summed E-state index contributed by atoms with van der Waals surface area (Å²) >= 11 is 1.64. The smallest absolute Gasteiger partial charge is 0.154 e. The number of halogens is 1. The molecule has 27 heavy (non-hydrogen) atoms. The van der Waals surface area contributed by atoms with Crippen LogP contribution >= 0.6 is 11.3 Å². The lowest BCUT2D eigenvalue weighted by Gasteiger charge is -2.25. The fraction of sp³-hybridized carbons (Fsp3) is 0.200. The van der Waals surface area contributed by atoms with Crippen LogP contribution < -0.4 is 0 Å². The van der Waals surface area contributed by atoms with Gasteiger partial charge in [0.2, 0.25) is 0 Å². The quantitative estimate of drug-likeness (QED) is 0.567. The summed E-state index contributed by atoms with van der Waals surface area (Å²) in [5.74, 6) is 0.563. The molecule has 7 heteroatoms. The van der Waals surface area contributed by atoms with E-state index in [0.717, 1.165) is 53.8 Å². The highest BCUT2D eigenvalue weighted by Gasteiger charge is 2.24. The summed E-state index contributed by atoms with van der Waals surface area (Å²) < 4.78 is 18.6. The van der Waals surface area contributed by atoms with Gasteiger partial charge in [0.1, 0.15) is 16.5 Å². The Morgan fingerprint density at radius 1 is 1.22 bits per heavy atom. The molecule has 0 bridgehead atoms. The lowest BCUT2D eigenvalue weighted by molar-refractivity contribution is 0.244. The van der Waals surface area contributed by atoms with Gasteiger partial charge in [0.15, 0.2) is 5.76 Å². The van der Waals surface area contributed by atoms with Crippen LogP contribution in [-0.2, 0) is 19.5 Å². The highest BCUT2D eigenvalue weighted by Crippen LogP contribution is 2.30. The van der Waals surface area contributed by atoms with Crippen molar-refractivity contribution < 1.29 is 8.81 Å².